The van der Waals surface area contributed by atoms with Crippen LogP contribution < -0.4 is 0 Å². The number of benzene rings is 1. The van der Waals surface area contributed by atoms with Gasteiger partial charge < -0.3 is 5.11 Å². The van der Waals surface area contributed by atoms with Crippen LogP contribution in [0.5, 0.6) is 0 Å². The molecule has 5 nitrogen and oxygen atoms in total. The molecule has 1 atom stereocenters. The number of hydrogen-bond donors (Lipinski definition) is 1. The molecule has 0 spiro atoms. The molecule has 0 aliphatic carbocycles. The van der Waals surface area contributed by atoms with Gasteiger partial charge in [0, 0.05) is 19.7 Å². The Morgan fingerprint density at radius 1 is 1.37 bits per heavy atom. The molecular weight excluding hydrogens is 264 g/mol. The minimum Gasteiger partial charge on any atom is -0.396 e. The van der Waals surface area contributed by atoms with Crippen LogP contribution in [0.2, 0.25) is 0 Å². The lowest BCUT2D eigenvalue weighted by molar-refractivity contribution is 0.259. The number of sulfonamides is 1. The molecule has 1 N–H and O–H groups in total. The first kappa shape index (κ1) is 14.0. The Bertz CT molecular complexity index is 575. The normalized spacial score (nSPS) is 20.3. The van der Waals surface area contributed by atoms with Crippen molar-refractivity contribution in [2.24, 2.45) is 5.92 Å². The highest BCUT2D eigenvalue weighted by Gasteiger charge is 2.32. The molecule has 1 saturated heterocycles. The first-order valence-corrected chi connectivity index (χ1v) is 7.63. The number of nitriles is 1. The third kappa shape index (κ3) is 2.95. The molecule has 102 valence electrons. The van der Waals surface area contributed by atoms with Crippen molar-refractivity contribution in [2.45, 2.75) is 17.7 Å². The maximum atomic E-state index is 12.4. The molecular formula is C13H16N2O3S. The van der Waals surface area contributed by atoms with Gasteiger partial charge in [-0.3, -0.25) is 0 Å². The fourth-order valence-corrected chi connectivity index (χ4v) is 3.82. The monoisotopic (exact) mass is 280 g/mol. The van der Waals surface area contributed by atoms with Crippen LogP contribution in [0.4, 0.5) is 0 Å². The molecule has 1 aliphatic rings. The molecule has 0 aromatic heterocycles. The molecule has 1 aromatic rings. The van der Waals surface area contributed by atoms with Crippen LogP contribution in [0.25, 0.3) is 0 Å². The molecule has 0 radical (unpaired) electrons. The summed E-state index contributed by atoms with van der Waals surface area (Å²) >= 11 is 0. The van der Waals surface area contributed by atoms with E-state index in [-0.39, 0.29) is 17.4 Å². The third-order valence-corrected chi connectivity index (χ3v) is 5.29. The van der Waals surface area contributed by atoms with Gasteiger partial charge in [0.1, 0.15) is 0 Å². The Hall–Kier alpha value is -1.42. The van der Waals surface area contributed by atoms with Crippen molar-refractivity contribution in [1.82, 2.24) is 4.31 Å². The van der Waals surface area contributed by atoms with E-state index in [4.69, 9.17) is 10.4 Å². The number of aliphatic hydroxyl groups is 1. The van der Waals surface area contributed by atoms with Crippen LogP contribution in [-0.2, 0) is 10.0 Å². The average Bonchev–Trinajstić information content (AvgIpc) is 2.89. The van der Waals surface area contributed by atoms with Gasteiger partial charge in [-0.2, -0.15) is 9.57 Å². The lowest BCUT2D eigenvalue weighted by Gasteiger charge is -2.16. The highest BCUT2D eigenvalue weighted by atomic mass is 32.2. The summed E-state index contributed by atoms with van der Waals surface area (Å²) in [6.45, 7) is 1.05. The van der Waals surface area contributed by atoms with Crippen LogP contribution in [0.1, 0.15) is 18.4 Å². The van der Waals surface area contributed by atoms with Gasteiger partial charge in [-0.1, -0.05) is 0 Å². The maximum absolute atomic E-state index is 12.4. The molecule has 2 rings (SSSR count). The first-order chi connectivity index (χ1) is 9.07. The first-order valence-electron chi connectivity index (χ1n) is 6.19. The van der Waals surface area contributed by atoms with E-state index in [2.05, 4.69) is 0 Å². The van der Waals surface area contributed by atoms with E-state index in [9.17, 15) is 8.42 Å². The fourth-order valence-electron chi connectivity index (χ4n) is 2.28. The molecule has 1 aromatic carbocycles. The quantitative estimate of drug-likeness (QED) is 0.890. The van der Waals surface area contributed by atoms with Crippen molar-refractivity contribution >= 4 is 10.0 Å². The van der Waals surface area contributed by atoms with Gasteiger partial charge in [-0.05, 0) is 43.0 Å². The Balaban J connectivity index is 2.16. The van der Waals surface area contributed by atoms with E-state index in [1.165, 1.54) is 28.6 Å². The summed E-state index contributed by atoms with van der Waals surface area (Å²) < 4.78 is 26.2. The average molecular weight is 280 g/mol. The summed E-state index contributed by atoms with van der Waals surface area (Å²) in [6, 6.07) is 7.91. The summed E-state index contributed by atoms with van der Waals surface area (Å²) in [7, 11) is -3.47. The largest absolute Gasteiger partial charge is 0.396 e. The highest BCUT2D eigenvalue weighted by Crippen LogP contribution is 2.26. The summed E-state index contributed by atoms with van der Waals surface area (Å²) in [4.78, 5) is 0.219. The SMILES string of the molecule is N#Cc1ccc(S(=O)(=O)N2CCC(CCO)C2)cc1. The van der Waals surface area contributed by atoms with Crippen LogP contribution in [0.3, 0.4) is 0 Å². The van der Waals surface area contributed by atoms with Crippen molar-refractivity contribution in [2.75, 3.05) is 19.7 Å². The predicted molar refractivity (Wildman–Crippen MR) is 69.7 cm³/mol. The van der Waals surface area contributed by atoms with Gasteiger partial charge in [0.15, 0.2) is 0 Å². The summed E-state index contributed by atoms with van der Waals surface area (Å²) in [5, 5.41) is 17.6. The molecule has 6 heteroatoms. The minimum absolute atomic E-state index is 0.0927. The molecule has 0 amide bonds. The Morgan fingerprint density at radius 2 is 2.05 bits per heavy atom. The van der Waals surface area contributed by atoms with Gasteiger partial charge >= 0.3 is 0 Å². The van der Waals surface area contributed by atoms with Gasteiger partial charge in [0.05, 0.1) is 16.5 Å². The summed E-state index contributed by atoms with van der Waals surface area (Å²) in [5.41, 5.74) is 0.443. The van der Waals surface area contributed by atoms with Crippen molar-refractivity contribution in [3.8, 4) is 6.07 Å². The topological polar surface area (TPSA) is 81.4 Å². The second-order valence-corrected chi connectivity index (χ2v) is 6.60. The molecule has 1 unspecified atom stereocenters. The van der Waals surface area contributed by atoms with Crippen molar-refractivity contribution < 1.29 is 13.5 Å². The van der Waals surface area contributed by atoms with E-state index in [1.807, 2.05) is 6.07 Å². The molecule has 19 heavy (non-hydrogen) atoms. The van der Waals surface area contributed by atoms with E-state index < -0.39 is 10.0 Å². The maximum Gasteiger partial charge on any atom is 0.243 e. The Morgan fingerprint density at radius 3 is 2.63 bits per heavy atom. The van der Waals surface area contributed by atoms with Crippen LogP contribution >= 0.6 is 0 Å². The van der Waals surface area contributed by atoms with Gasteiger partial charge in [-0.25, -0.2) is 8.42 Å². The van der Waals surface area contributed by atoms with Gasteiger partial charge in [0.2, 0.25) is 10.0 Å². The zero-order valence-electron chi connectivity index (χ0n) is 10.5. The Labute approximate surface area is 113 Å². The van der Waals surface area contributed by atoms with E-state index in [0.29, 0.717) is 25.1 Å². The zero-order chi connectivity index (χ0) is 13.9. The molecule has 1 fully saturated rings. The van der Waals surface area contributed by atoms with E-state index in [0.717, 1.165) is 6.42 Å². The van der Waals surface area contributed by atoms with E-state index in [1.54, 1.807) is 0 Å². The number of nitrogens with zero attached hydrogens (tertiary/aromatic N) is 2. The van der Waals surface area contributed by atoms with Crippen molar-refractivity contribution in [3.63, 3.8) is 0 Å². The van der Waals surface area contributed by atoms with Crippen LogP contribution in [-0.4, -0.2) is 37.5 Å². The minimum atomic E-state index is -3.47. The van der Waals surface area contributed by atoms with Crippen molar-refractivity contribution in [1.29, 1.82) is 5.26 Å². The van der Waals surface area contributed by atoms with E-state index >= 15 is 0 Å². The summed E-state index contributed by atoms with van der Waals surface area (Å²) in [6.07, 6.45) is 1.43. The number of aliphatic hydroxyl groups excluding tert-OH is 1. The lowest BCUT2D eigenvalue weighted by atomic mass is 10.1. The predicted octanol–water partition coefficient (Wildman–Crippen LogP) is 0.951. The highest BCUT2D eigenvalue weighted by molar-refractivity contribution is 7.89. The number of rotatable bonds is 4. The standard InChI is InChI=1S/C13H16N2O3S/c14-9-11-1-3-13(4-2-11)19(17,18)15-7-5-12(10-15)6-8-16/h1-4,12,16H,5-8,10H2. The second-order valence-electron chi connectivity index (χ2n) is 4.67. The van der Waals surface area contributed by atoms with Crippen LogP contribution in [0.15, 0.2) is 29.2 Å². The Kier molecular flexibility index (Phi) is 4.20. The zero-order valence-corrected chi connectivity index (χ0v) is 11.3. The molecule has 1 heterocycles. The lowest BCUT2D eigenvalue weighted by Crippen LogP contribution is -2.29. The molecule has 1 aliphatic heterocycles. The third-order valence-electron chi connectivity index (χ3n) is 3.41. The van der Waals surface area contributed by atoms with Gasteiger partial charge in [0.25, 0.3) is 0 Å². The van der Waals surface area contributed by atoms with Crippen molar-refractivity contribution in [3.05, 3.63) is 29.8 Å². The summed E-state index contributed by atoms with van der Waals surface area (Å²) in [5.74, 6) is 0.234. The van der Waals surface area contributed by atoms with Crippen LogP contribution in [0, 0.1) is 17.2 Å². The molecule has 0 saturated carbocycles. The second kappa shape index (κ2) is 5.70. The fraction of sp³-hybridized carbons (Fsp3) is 0.462. The smallest absolute Gasteiger partial charge is 0.243 e. The number of hydrogen-bond acceptors (Lipinski definition) is 4. The molecule has 0 bridgehead atoms. The van der Waals surface area contributed by atoms with Gasteiger partial charge in [-0.15, -0.1) is 0 Å².